The molecule has 1 N–H and O–H groups in total. The first-order valence-corrected chi connectivity index (χ1v) is 8.11. The molecule has 1 saturated heterocycles. The molecule has 22 heavy (non-hydrogen) atoms. The number of hydrogen-bond acceptors (Lipinski definition) is 3. The van der Waals surface area contributed by atoms with Gasteiger partial charge in [0.1, 0.15) is 5.82 Å². The molecule has 2 heterocycles. The molecule has 1 unspecified atom stereocenters. The largest absolute Gasteiger partial charge is 0.337 e. The molecular formula is C16H22BrClN4. The van der Waals surface area contributed by atoms with Crippen molar-refractivity contribution in [3.8, 4) is 0 Å². The van der Waals surface area contributed by atoms with E-state index >= 15 is 0 Å². The van der Waals surface area contributed by atoms with Crippen LogP contribution in [0, 0.1) is 6.92 Å². The Morgan fingerprint density at radius 1 is 1.41 bits per heavy atom. The summed E-state index contributed by atoms with van der Waals surface area (Å²) in [6.45, 7) is 6.19. The predicted molar refractivity (Wildman–Crippen MR) is 95.4 cm³/mol. The van der Waals surface area contributed by atoms with Crippen LogP contribution in [0.5, 0.6) is 0 Å². The first-order chi connectivity index (χ1) is 10.1. The lowest BCUT2D eigenvalue weighted by Gasteiger charge is -2.36. The summed E-state index contributed by atoms with van der Waals surface area (Å²) in [5.41, 5.74) is 2.72. The van der Waals surface area contributed by atoms with Crippen LogP contribution >= 0.6 is 28.3 Å². The highest BCUT2D eigenvalue weighted by atomic mass is 79.9. The molecule has 3 rings (SSSR count). The van der Waals surface area contributed by atoms with Crippen LogP contribution < -0.4 is 5.32 Å². The first kappa shape index (κ1) is 17.5. The van der Waals surface area contributed by atoms with Crippen molar-refractivity contribution in [2.75, 3.05) is 19.6 Å². The Kier molecular flexibility index (Phi) is 6.03. The molecule has 120 valence electrons. The Morgan fingerprint density at radius 2 is 2.23 bits per heavy atom. The summed E-state index contributed by atoms with van der Waals surface area (Å²) in [4.78, 5) is 7.06. The number of nitrogens with one attached hydrogen (secondary N) is 1. The van der Waals surface area contributed by atoms with Gasteiger partial charge < -0.3 is 9.88 Å². The molecule has 1 aliphatic rings. The number of halogens is 2. The molecule has 6 heteroatoms. The van der Waals surface area contributed by atoms with E-state index in [4.69, 9.17) is 0 Å². The molecule has 0 spiro atoms. The average Bonchev–Trinajstić information content (AvgIpc) is 2.89. The Labute approximate surface area is 146 Å². The van der Waals surface area contributed by atoms with Gasteiger partial charge in [-0.1, -0.05) is 22.0 Å². The molecule has 1 aliphatic heterocycles. The molecule has 0 saturated carbocycles. The van der Waals surface area contributed by atoms with Crippen molar-refractivity contribution in [3.63, 3.8) is 0 Å². The Bertz CT molecular complexity index is 628. The van der Waals surface area contributed by atoms with E-state index in [1.54, 1.807) is 0 Å². The van der Waals surface area contributed by atoms with E-state index in [0.717, 1.165) is 36.5 Å². The van der Waals surface area contributed by atoms with Crippen molar-refractivity contribution in [2.45, 2.75) is 19.5 Å². The number of imidazole rings is 1. The number of hydrogen-bond donors (Lipinski definition) is 1. The van der Waals surface area contributed by atoms with Gasteiger partial charge in [0, 0.05) is 50.1 Å². The van der Waals surface area contributed by atoms with E-state index < -0.39 is 0 Å². The zero-order chi connectivity index (χ0) is 14.8. The third kappa shape index (κ3) is 3.71. The van der Waals surface area contributed by atoms with E-state index in [0.29, 0.717) is 6.04 Å². The summed E-state index contributed by atoms with van der Waals surface area (Å²) in [5.74, 6) is 1.14. The number of aryl methyl sites for hydroxylation is 2. The second kappa shape index (κ2) is 7.59. The zero-order valence-electron chi connectivity index (χ0n) is 12.9. The number of piperazine rings is 1. The lowest BCUT2D eigenvalue weighted by atomic mass is 10.1. The number of rotatable bonds is 3. The van der Waals surface area contributed by atoms with Crippen LogP contribution in [0.25, 0.3) is 0 Å². The van der Waals surface area contributed by atoms with Crippen molar-refractivity contribution in [1.82, 2.24) is 19.8 Å². The summed E-state index contributed by atoms with van der Waals surface area (Å²) in [6.07, 6.45) is 3.90. The monoisotopic (exact) mass is 384 g/mol. The Balaban J connectivity index is 0.00000176. The maximum atomic E-state index is 4.54. The third-order valence-electron chi connectivity index (χ3n) is 4.19. The second-order valence-corrected chi connectivity index (χ2v) is 6.57. The Hall–Kier alpha value is -0.880. The van der Waals surface area contributed by atoms with Gasteiger partial charge >= 0.3 is 0 Å². The molecule has 2 aromatic rings. The van der Waals surface area contributed by atoms with E-state index in [1.807, 2.05) is 12.4 Å². The van der Waals surface area contributed by atoms with Crippen molar-refractivity contribution < 1.29 is 0 Å². The maximum Gasteiger partial charge on any atom is 0.127 e. The fraction of sp³-hybridized carbons (Fsp3) is 0.438. The SMILES string of the molecule is Cc1cc(Br)ccc1CN1CCNCC1c1nccn1C.Cl. The van der Waals surface area contributed by atoms with Gasteiger partial charge in [-0.25, -0.2) is 4.98 Å². The van der Waals surface area contributed by atoms with Gasteiger partial charge in [-0.15, -0.1) is 12.4 Å². The van der Waals surface area contributed by atoms with Crippen LogP contribution in [0.1, 0.15) is 23.0 Å². The first-order valence-electron chi connectivity index (χ1n) is 7.32. The Morgan fingerprint density at radius 3 is 2.91 bits per heavy atom. The minimum atomic E-state index is 0. The van der Waals surface area contributed by atoms with E-state index in [-0.39, 0.29) is 12.4 Å². The van der Waals surface area contributed by atoms with Gasteiger partial charge in [-0.3, -0.25) is 4.90 Å². The average molecular weight is 386 g/mol. The van der Waals surface area contributed by atoms with Gasteiger partial charge in [0.2, 0.25) is 0 Å². The van der Waals surface area contributed by atoms with Crippen molar-refractivity contribution in [2.24, 2.45) is 7.05 Å². The van der Waals surface area contributed by atoms with Crippen LogP contribution in [0.15, 0.2) is 35.1 Å². The molecule has 1 aromatic carbocycles. The molecule has 0 amide bonds. The quantitative estimate of drug-likeness (QED) is 0.881. The smallest absolute Gasteiger partial charge is 0.127 e. The summed E-state index contributed by atoms with van der Waals surface area (Å²) in [5, 5.41) is 3.49. The van der Waals surface area contributed by atoms with Crippen molar-refractivity contribution in [3.05, 3.63) is 52.0 Å². The van der Waals surface area contributed by atoms with Gasteiger partial charge in [-0.05, 0) is 30.2 Å². The lowest BCUT2D eigenvalue weighted by molar-refractivity contribution is 0.144. The second-order valence-electron chi connectivity index (χ2n) is 5.66. The van der Waals surface area contributed by atoms with Crippen LogP contribution in [-0.4, -0.2) is 34.1 Å². The standard InChI is InChI=1S/C16H21BrN4.ClH/c1-12-9-14(17)4-3-13(12)11-21-8-5-18-10-15(21)16-19-6-7-20(16)2;/h3-4,6-7,9,15,18H,5,8,10-11H2,1-2H3;1H. The minimum absolute atomic E-state index is 0. The van der Waals surface area contributed by atoms with Gasteiger partial charge in [0.05, 0.1) is 6.04 Å². The topological polar surface area (TPSA) is 33.1 Å². The number of benzene rings is 1. The molecule has 0 bridgehead atoms. The van der Waals surface area contributed by atoms with Crippen molar-refractivity contribution in [1.29, 1.82) is 0 Å². The fourth-order valence-electron chi connectivity index (χ4n) is 2.94. The minimum Gasteiger partial charge on any atom is -0.337 e. The molecule has 1 fully saturated rings. The molecule has 0 aliphatic carbocycles. The van der Waals surface area contributed by atoms with Crippen LogP contribution in [0.2, 0.25) is 0 Å². The molecule has 4 nitrogen and oxygen atoms in total. The van der Waals surface area contributed by atoms with E-state index in [9.17, 15) is 0 Å². The van der Waals surface area contributed by atoms with Crippen LogP contribution in [0.4, 0.5) is 0 Å². The molecule has 1 aromatic heterocycles. The zero-order valence-corrected chi connectivity index (χ0v) is 15.3. The summed E-state index contributed by atoms with van der Waals surface area (Å²) >= 11 is 3.54. The molecule has 1 atom stereocenters. The highest BCUT2D eigenvalue weighted by Gasteiger charge is 2.26. The van der Waals surface area contributed by atoms with Crippen LogP contribution in [0.3, 0.4) is 0 Å². The third-order valence-corrected chi connectivity index (χ3v) is 4.68. The van der Waals surface area contributed by atoms with Gasteiger partial charge in [0.15, 0.2) is 0 Å². The molecule has 0 radical (unpaired) electrons. The summed E-state index contributed by atoms with van der Waals surface area (Å²) in [6, 6.07) is 6.87. The number of aromatic nitrogens is 2. The lowest BCUT2D eigenvalue weighted by Crippen LogP contribution is -2.46. The fourth-order valence-corrected chi connectivity index (χ4v) is 3.42. The highest BCUT2D eigenvalue weighted by Crippen LogP contribution is 2.24. The predicted octanol–water partition coefficient (Wildman–Crippen LogP) is 3.06. The van der Waals surface area contributed by atoms with Crippen molar-refractivity contribution >= 4 is 28.3 Å². The summed E-state index contributed by atoms with van der Waals surface area (Å²) < 4.78 is 3.27. The van der Waals surface area contributed by atoms with Gasteiger partial charge in [-0.2, -0.15) is 0 Å². The van der Waals surface area contributed by atoms with E-state index in [2.05, 4.69) is 67.9 Å². The highest BCUT2D eigenvalue weighted by molar-refractivity contribution is 9.10. The maximum absolute atomic E-state index is 4.54. The van der Waals surface area contributed by atoms with Crippen LogP contribution in [-0.2, 0) is 13.6 Å². The summed E-state index contributed by atoms with van der Waals surface area (Å²) in [7, 11) is 2.07. The van der Waals surface area contributed by atoms with Gasteiger partial charge in [0.25, 0.3) is 0 Å². The van der Waals surface area contributed by atoms with E-state index in [1.165, 1.54) is 11.1 Å². The number of nitrogens with zero attached hydrogens (tertiary/aromatic N) is 3. The normalized spacial score (nSPS) is 19.0. The molecular weight excluding hydrogens is 364 g/mol.